The average Bonchev–Trinajstić information content (AvgIpc) is 2.70. The Morgan fingerprint density at radius 1 is 1.17 bits per heavy atom. The molecule has 2 amide bonds. The van der Waals surface area contributed by atoms with Crippen LogP contribution >= 0.6 is 0 Å². The van der Waals surface area contributed by atoms with Crippen molar-refractivity contribution in [3.63, 3.8) is 0 Å². The molecular formula is C13H15NO4. The first-order valence-electron chi connectivity index (χ1n) is 5.81. The number of hydrogen-bond acceptors (Lipinski definition) is 4. The summed E-state index contributed by atoms with van der Waals surface area (Å²) in [4.78, 5) is 24.0. The number of methoxy groups -OCH3 is 1. The van der Waals surface area contributed by atoms with Crippen molar-refractivity contribution in [3.05, 3.63) is 24.3 Å². The van der Waals surface area contributed by atoms with Gasteiger partial charge in [-0.15, -0.1) is 0 Å². The number of carbonyl (C=O) groups excluding carboxylic acids is 2. The van der Waals surface area contributed by atoms with Gasteiger partial charge in [-0.25, -0.2) is 0 Å². The van der Waals surface area contributed by atoms with Crippen LogP contribution in [0.15, 0.2) is 24.3 Å². The molecule has 18 heavy (non-hydrogen) atoms. The molecule has 0 saturated carbocycles. The summed E-state index contributed by atoms with van der Waals surface area (Å²) < 4.78 is 10.6. The zero-order chi connectivity index (χ0) is 13.0. The summed E-state index contributed by atoms with van der Waals surface area (Å²) in [5.41, 5.74) is 0. The van der Waals surface area contributed by atoms with Gasteiger partial charge in [0.05, 0.1) is 13.7 Å². The number of carbonyl (C=O) groups is 2. The van der Waals surface area contributed by atoms with E-state index in [1.54, 1.807) is 19.2 Å². The van der Waals surface area contributed by atoms with Crippen molar-refractivity contribution in [3.8, 4) is 11.5 Å². The van der Waals surface area contributed by atoms with Gasteiger partial charge in [-0.2, -0.15) is 0 Å². The van der Waals surface area contributed by atoms with Crippen LogP contribution in [0.25, 0.3) is 0 Å². The first-order valence-corrected chi connectivity index (χ1v) is 5.81. The number of likely N-dealkylation sites (tertiary alicyclic amines) is 1. The highest BCUT2D eigenvalue weighted by Crippen LogP contribution is 2.19. The number of hydrogen-bond donors (Lipinski definition) is 0. The summed E-state index contributed by atoms with van der Waals surface area (Å²) in [5.74, 6) is 1.14. The summed E-state index contributed by atoms with van der Waals surface area (Å²) in [6.45, 7) is 0.597. The average molecular weight is 249 g/mol. The van der Waals surface area contributed by atoms with Crippen molar-refractivity contribution in [2.24, 2.45) is 0 Å². The van der Waals surface area contributed by atoms with E-state index < -0.39 is 0 Å². The lowest BCUT2D eigenvalue weighted by molar-refractivity contribution is -0.138. The van der Waals surface area contributed by atoms with Crippen LogP contribution in [0, 0.1) is 0 Å². The van der Waals surface area contributed by atoms with Gasteiger partial charge < -0.3 is 9.47 Å². The number of rotatable bonds is 5. The van der Waals surface area contributed by atoms with E-state index in [4.69, 9.17) is 9.47 Å². The Kier molecular flexibility index (Phi) is 3.82. The van der Waals surface area contributed by atoms with Crippen molar-refractivity contribution in [2.45, 2.75) is 12.8 Å². The second-order valence-electron chi connectivity index (χ2n) is 3.97. The fourth-order valence-electron chi connectivity index (χ4n) is 1.82. The largest absolute Gasteiger partial charge is 0.497 e. The fourth-order valence-corrected chi connectivity index (χ4v) is 1.82. The van der Waals surface area contributed by atoms with E-state index in [-0.39, 0.29) is 11.8 Å². The molecule has 0 radical (unpaired) electrons. The van der Waals surface area contributed by atoms with Crippen LogP contribution in [-0.2, 0) is 9.59 Å². The third-order valence-corrected chi connectivity index (χ3v) is 2.78. The molecule has 0 atom stereocenters. The molecule has 0 spiro atoms. The molecule has 1 heterocycles. The van der Waals surface area contributed by atoms with Crippen LogP contribution in [0.2, 0.25) is 0 Å². The van der Waals surface area contributed by atoms with Crippen LogP contribution in [0.5, 0.6) is 11.5 Å². The second kappa shape index (κ2) is 5.53. The van der Waals surface area contributed by atoms with Gasteiger partial charge in [0.1, 0.15) is 18.1 Å². The summed E-state index contributed by atoms with van der Waals surface area (Å²) in [7, 11) is 1.58. The van der Waals surface area contributed by atoms with Gasteiger partial charge in [0, 0.05) is 18.9 Å². The molecule has 1 saturated heterocycles. The van der Waals surface area contributed by atoms with Crippen LogP contribution < -0.4 is 9.47 Å². The molecular weight excluding hydrogens is 234 g/mol. The fraction of sp³-hybridized carbons (Fsp3) is 0.385. The first kappa shape index (κ1) is 12.4. The molecule has 5 nitrogen and oxygen atoms in total. The Labute approximate surface area is 105 Å². The summed E-state index contributed by atoms with van der Waals surface area (Å²) in [6, 6.07) is 7.20. The topological polar surface area (TPSA) is 55.8 Å². The zero-order valence-electron chi connectivity index (χ0n) is 10.2. The van der Waals surface area contributed by atoms with Gasteiger partial charge >= 0.3 is 0 Å². The number of benzene rings is 1. The predicted octanol–water partition coefficient (Wildman–Crippen LogP) is 1.22. The van der Waals surface area contributed by atoms with Gasteiger partial charge in [0.2, 0.25) is 11.8 Å². The maximum atomic E-state index is 11.4. The second-order valence-corrected chi connectivity index (χ2v) is 3.97. The monoisotopic (exact) mass is 249 g/mol. The SMILES string of the molecule is COc1cccc(OCCN2C(=O)CCC2=O)c1. The first-order chi connectivity index (χ1) is 8.70. The molecule has 2 rings (SSSR count). The molecule has 0 N–H and O–H groups in total. The quantitative estimate of drug-likeness (QED) is 0.736. The van der Waals surface area contributed by atoms with E-state index >= 15 is 0 Å². The molecule has 1 aromatic rings. The highest BCUT2D eigenvalue weighted by atomic mass is 16.5. The minimum absolute atomic E-state index is 0.116. The molecule has 0 aromatic heterocycles. The Morgan fingerprint density at radius 3 is 2.50 bits per heavy atom. The van der Waals surface area contributed by atoms with E-state index in [1.165, 1.54) is 4.90 Å². The molecule has 0 aliphatic carbocycles. The Balaban J connectivity index is 1.84. The number of amides is 2. The molecule has 96 valence electrons. The zero-order valence-corrected chi connectivity index (χ0v) is 10.2. The maximum Gasteiger partial charge on any atom is 0.229 e. The number of ether oxygens (including phenoxy) is 2. The lowest BCUT2D eigenvalue weighted by Gasteiger charge is -2.14. The molecule has 1 fully saturated rings. The summed E-state index contributed by atoms with van der Waals surface area (Å²) in [6.07, 6.45) is 0.635. The van der Waals surface area contributed by atoms with Gasteiger partial charge in [0.15, 0.2) is 0 Å². The van der Waals surface area contributed by atoms with E-state index in [9.17, 15) is 9.59 Å². The summed E-state index contributed by atoms with van der Waals surface area (Å²) in [5, 5.41) is 0. The molecule has 0 unspecified atom stereocenters. The van der Waals surface area contributed by atoms with Gasteiger partial charge in [0.25, 0.3) is 0 Å². The van der Waals surface area contributed by atoms with E-state index in [0.717, 1.165) is 0 Å². The van der Waals surface area contributed by atoms with Crippen LogP contribution in [0.4, 0.5) is 0 Å². The highest BCUT2D eigenvalue weighted by Gasteiger charge is 2.28. The maximum absolute atomic E-state index is 11.4. The molecule has 0 bridgehead atoms. The Bertz CT molecular complexity index is 442. The van der Waals surface area contributed by atoms with Crippen molar-refractivity contribution in [2.75, 3.05) is 20.3 Å². The van der Waals surface area contributed by atoms with E-state index in [2.05, 4.69) is 0 Å². The highest BCUT2D eigenvalue weighted by molar-refractivity contribution is 6.01. The molecule has 1 aromatic carbocycles. The van der Waals surface area contributed by atoms with E-state index in [1.807, 2.05) is 12.1 Å². The van der Waals surface area contributed by atoms with E-state index in [0.29, 0.717) is 37.5 Å². The Morgan fingerprint density at radius 2 is 1.83 bits per heavy atom. The standard InChI is InChI=1S/C13H15NO4/c1-17-10-3-2-4-11(9-10)18-8-7-14-12(15)5-6-13(14)16/h2-4,9H,5-8H2,1H3. The van der Waals surface area contributed by atoms with Crippen molar-refractivity contribution in [1.29, 1.82) is 0 Å². The lowest BCUT2D eigenvalue weighted by Crippen LogP contribution is -2.33. The number of imide groups is 1. The lowest BCUT2D eigenvalue weighted by atomic mass is 10.3. The van der Waals surface area contributed by atoms with Crippen LogP contribution in [0.1, 0.15) is 12.8 Å². The van der Waals surface area contributed by atoms with Crippen LogP contribution in [0.3, 0.4) is 0 Å². The molecule has 5 heteroatoms. The minimum Gasteiger partial charge on any atom is -0.497 e. The molecule has 1 aliphatic heterocycles. The van der Waals surface area contributed by atoms with Gasteiger partial charge in [-0.05, 0) is 12.1 Å². The number of nitrogens with zero attached hydrogens (tertiary/aromatic N) is 1. The smallest absolute Gasteiger partial charge is 0.229 e. The molecule has 1 aliphatic rings. The van der Waals surface area contributed by atoms with Crippen molar-refractivity contribution >= 4 is 11.8 Å². The van der Waals surface area contributed by atoms with Gasteiger partial charge in [-0.1, -0.05) is 6.07 Å². The van der Waals surface area contributed by atoms with Crippen molar-refractivity contribution in [1.82, 2.24) is 4.90 Å². The third kappa shape index (κ3) is 2.80. The van der Waals surface area contributed by atoms with Crippen LogP contribution in [-0.4, -0.2) is 37.0 Å². The normalized spacial score (nSPS) is 15.1. The minimum atomic E-state index is -0.116. The Hall–Kier alpha value is -2.04. The predicted molar refractivity (Wildman–Crippen MR) is 64.4 cm³/mol. The van der Waals surface area contributed by atoms with Crippen molar-refractivity contribution < 1.29 is 19.1 Å². The third-order valence-electron chi connectivity index (χ3n) is 2.78. The van der Waals surface area contributed by atoms with Gasteiger partial charge in [-0.3, -0.25) is 14.5 Å². The summed E-state index contributed by atoms with van der Waals surface area (Å²) >= 11 is 0.